The van der Waals surface area contributed by atoms with Crippen LogP contribution < -0.4 is 0 Å². The summed E-state index contributed by atoms with van der Waals surface area (Å²) in [6.07, 6.45) is -2.99. The smallest absolute Gasteiger partial charge is 0.338 e. The number of ether oxygens (including phenoxy) is 2. The zero-order valence-corrected chi connectivity index (χ0v) is 7.92. The minimum atomic E-state index is -1.14. The van der Waals surface area contributed by atoms with Crippen LogP contribution in [0.15, 0.2) is 12.7 Å². The van der Waals surface area contributed by atoms with Crippen molar-refractivity contribution in [3.63, 3.8) is 0 Å². The van der Waals surface area contributed by atoms with Crippen LogP contribution in [0.3, 0.4) is 0 Å². The van der Waals surface area contributed by atoms with Crippen molar-refractivity contribution in [2.75, 3.05) is 6.61 Å². The summed E-state index contributed by atoms with van der Waals surface area (Å²) >= 11 is 0. The van der Waals surface area contributed by atoms with E-state index in [9.17, 15) is 15.0 Å². The molecule has 5 heteroatoms. The van der Waals surface area contributed by atoms with Crippen molar-refractivity contribution in [1.82, 2.24) is 0 Å². The van der Waals surface area contributed by atoms with Gasteiger partial charge in [0, 0.05) is 6.61 Å². The average Bonchev–Trinajstić information content (AvgIpc) is 2.45. The van der Waals surface area contributed by atoms with Crippen LogP contribution in [0.25, 0.3) is 0 Å². The quantitative estimate of drug-likeness (QED) is 0.462. The van der Waals surface area contributed by atoms with Crippen LogP contribution in [0.2, 0.25) is 0 Å². The maximum absolute atomic E-state index is 11.2. The first kappa shape index (κ1) is 11.2. The molecule has 0 bridgehead atoms. The summed E-state index contributed by atoms with van der Waals surface area (Å²) in [4.78, 5) is 11.2. The Labute approximate surface area is 81.9 Å². The lowest BCUT2D eigenvalue weighted by molar-refractivity contribution is -0.151. The Morgan fingerprint density at radius 2 is 2.43 bits per heavy atom. The van der Waals surface area contributed by atoms with Crippen molar-refractivity contribution in [3.8, 4) is 0 Å². The van der Waals surface area contributed by atoms with Gasteiger partial charge in [-0.05, 0) is 6.92 Å². The standard InChI is InChI=1S/C9H14O5/c1-3-5(10)7-6(11)8(13-4-2)9(12)14-7/h3,5-8,10-11H,1,4H2,2H3/t5-,6-,7+,8-/m1/s1. The fourth-order valence-electron chi connectivity index (χ4n) is 1.33. The predicted octanol–water partition coefficient (Wildman–Crippen LogP) is -0.775. The molecule has 1 heterocycles. The zero-order valence-electron chi connectivity index (χ0n) is 7.92. The lowest BCUT2D eigenvalue weighted by atomic mass is 10.1. The van der Waals surface area contributed by atoms with Gasteiger partial charge in [-0.15, -0.1) is 6.58 Å². The molecule has 1 rings (SSSR count). The Balaban J connectivity index is 2.68. The van der Waals surface area contributed by atoms with Crippen LogP contribution in [-0.2, 0) is 14.3 Å². The molecule has 0 aromatic carbocycles. The number of rotatable bonds is 4. The zero-order chi connectivity index (χ0) is 10.7. The number of aliphatic hydroxyl groups excluding tert-OH is 2. The van der Waals surface area contributed by atoms with Crippen LogP contribution in [0.1, 0.15) is 6.92 Å². The Morgan fingerprint density at radius 3 is 2.93 bits per heavy atom. The van der Waals surface area contributed by atoms with Crippen molar-refractivity contribution in [2.45, 2.75) is 31.3 Å². The van der Waals surface area contributed by atoms with Gasteiger partial charge in [0.25, 0.3) is 0 Å². The Bertz CT molecular complexity index is 227. The van der Waals surface area contributed by atoms with E-state index in [-0.39, 0.29) is 0 Å². The second kappa shape index (κ2) is 4.54. The SMILES string of the molecule is C=C[C@@H](O)[C@@H]1OC(=O)[C@H](OCC)[C@@H]1O. The fraction of sp³-hybridized carbons (Fsp3) is 0.667. The summed E-state index contributed by atoms with van der Waals surface area (Å²) in [5.74, 6) is -0.648. The molecule has 0 radical (unpaired) electrons. The summed E-state index contributed by atoms with van der Waals surface area (Å²) in [6.45, 7) is 5.35. The topological polar surface area (TPSA) is 76.0 Å². The maximum atomic E-state index is 11.2. The number of aliphatic hydroxyl groups is 2. The minimum Gasteiger partial charge on any atom is -0.454 e. The van der Waals surface area contributed by atoms with E-state index in [4.69, 9.17) is 9.47 Å². The van der Waals surface area contributed by atoms with Gasteiger partial charge >= 0.3 is 5.97 Å². The Hall–Kier alpha value is -0.910. The summed E-state index contributed by atoms with van der Waals surface area (Å²) in [6, 6.07) is 0. The predicted molar refractivity (Wildman–Crippen MR) is 47.5 cm³/mol. The average molecular weight is 202 g/mol. The number of hydrogen-bond acceptors (Lipinski definition) is 5. The van der Waals surface area contributed by atoms with Crippen molar-refractivity contribution >= 4 is 5.97 Å². The molecular weight excluding hydrogens is 188 g/mol. The number of esters is 1. The van der Waals surface area contributed by atoms with Crippen molar-refractivity contribution in [3.05, 3.63) is 12.7 Å². The number of carbonyl (C=O) groups excluding carboxylic acids is 1. The molecule has 1 fully saturated rings. The molecule has 0 aromatic heterocycles. The summed E-state index contributed by atoms with van der Waals surface area (Å²) in [5, 5.41) is 18.9. The van der Waals surface area contributed by atoms with Gasteiger partial charge in [0.15, 0.2) is 12.2 Å². The molecule has 4 atom stereocenters. The van der Waals surface area contributed by atoms with Crippen LogP contribution >= 0.6 is 0 Å². The van der Waals surface area contributed by atoms with Gasteiger partial charge in [0.1, 0.15) is 12.2 Å². The summed E-state index contributed by atoms with van der Waals surface area (Å²) < 4.78 is 9.74. The lowest BCUT2D eigenvalue weighted by Crippen LogP contribution is -2.38. The fourth-order valence-corrected chi connectivity index (χ4v) is 1.33. The number of hydrogen-bond donors (Lipinski definition) is 2. The second-order valence-electron chi connectivity index (χ2n) is 2.99. The monoisotopic (exact) mass is 202 g/mol. The van der Waals surface area contributed by atoms with Gasteiger partial charge in [0.2, 0.25) is 0 Å². The molecule has 0 aromatic rings. The van der Waals surface area contributed by atoms with Crippen molar-refractivity contribution < 1.29 is 24.5 Å². The van der Waals surface area contributed by atoms with Crippen LogP contribution in [0, 0.1) is 0 Å². The molecule has 0 spiro atoms. The lowest BCUT2D eigenvalue weighted by Gasteiger charge is -2.17. The van der Waals surface area contributed by atoms with E-state index in [0.29, 0.717) is 6.61 Å². The Morgan fingerprint density at radius 1 is 1.79 bits per heavy atom. The minimum absolute atomic E-state index is 0.299. The third-order valence-corrected chi connectivity index (χ3v) is 2.06. The maximum Gasteiger partial charge on any atom is 0.338 e. The first-order chi connectivity index (χ1) is 6.61. The van der Waals surface area contributed by atoms with Gasteiger partial charge < -0.3 is 19.7 Å². The highest BCUT2D eigenvalue weighted by Crippen LogP contribution is 2.21. The van der Waals surface area contributed by atoms with E-state index in [2.05, 4.69) is 6.58 Å². The number of cyclic esters (lactones) is 1. The molecule has 2 N–H and O–H groups in total. The van der Waals surface area contributed by atoms with E-state index >= 15 is 0 Å². The highest BCUT2D eigenvalue weighted by Gasteiger charge is 2.46. The highest BCUT2D eigenvalue weighted by atomic mass is 16.6. The van der Waals surface area contributed by atoms with Gasteiger partial charge in [-0.2, -0.15) is 0 Å². The van der Waals surface area contributed by atoms with E-state index < -0.39 is 30.4 Å². The third-order valence-electron chi connectivity index (χ3n) is 2.06. The van der Waals surface area contributed by atoms with Crippen molar-refractivity contribution in [2.24, 2.45) is 0 Å². The second-order valence-corrected chi connectivity index (χ2v) is 2.99. The van der Waals surface area contributed by atoms with Gasteiger partial charge in [-0.3, -0.25) is 0 Å². The first-order valence-electron chi connectivity index (χ1n) is 4.42. The molecule has 14 heavy (non-hydrogen) atoms. The van der Waals surface area contributed by atoms with Gasteiger partial charge in [0.05, 0.1) is 0 Å². The molecule has 1 aliphatic rings. The number of carbonyl (C=O) groups is 1. The van der Waals surface area contributed by atoms with Gasteiger partial charge in [-0.1, -0.05) is 6.08 Å². The molecule has 1 aliphatic heterocycles. The molecule has 0 aliphatic carbocycles. The van der Waals surface area contributed by atoms with Crippen LogP contribution in [-0.4, -0.2) is 47.2 Å². The van der Waals surface area contributed by atoms with E-state index in [1.54, 1.807) is 6.92 Å². The summed E-state index contributed by atoms with van der Waals surface area (Å²) in [5.41, 5.74) is 0. The molecule has 0 saturated carbocycles. The Kier molecular flexibility index (Phi) is 3.62. The molecular formula is C9H14O5. The van der Waals surface area contributed by atoms with Crippen molar-refractivity contribution in [1.29, 1.82) is 0 Å². The molecule has 0 unspecified atom stereocenters. The molecule has 5 nitrogen and oxygen atoms in total. The molecule has 80 valence electrons. The first-order valence-corrected chi connectivity index (χ1v) is 4.42. The van der Waals surface area contributed by atoms with Crippen LogP contribution in [0.5, 0.6) is 0 Å². The molecule has 0 amide bonds. The summed E-state index contributed by atoms with van der Waals surface area (Å²) in [7, 11) is 0. The van der Waals surface area contributed by atoms with Gasteiger partial charge in [-0.25, -0.2) is 4.79 Å². The highest BCUT2D eigenvalue weighted by molar-refractivity contribution is 5.78. The largest absolute Gasteiger partial charge is 0.454 e. The normalized spacial score (nSPS) is 33.9. The van der Waals surface area contributed by atoms with Crippen LogP contribution in [0.4, 0.5) is 0 Å². The van der Waals surface area contributed by atoms with E-state index in [0.717, 1.165) is 0 Å². The molecule has 1 saturated heterocycles. The third kappa shape index (κ3) is 1.95. The van der Waals surface area contributed by atoms with E-state index in [1.165, 1.54) is 6.08 Å². The van der Waals surface area contributed by atoms with E-state index in [1.807, 2.05) is 0 Å².